The Kier molecular flexibility index (Phi) is 7.93. The molecule has 32 heavy (non-hydrogen) atoms. The number of aromatic nitrogens is 3. The number of rotatable bonds is 7. The van der Waals surface area contributed by atoms with Gasteiger partial charge in [0.15, 0.2) is 0 Å². The molecule has 0 N–H and O–H groups in total. The molecule has 8 heteroatoms. The van der Waals surface area contributed by atoms with Gasteiger partial charge in [0.1, 0.15) is 5.44 Å². The Balaban J connectivity index is 2.08. The maximum atomic E-state index is 13.4. The van der Waals surface area contributed by atoms with Gasteiger partial charge in [-0.25, -0.2) is 0 Å². The summed E-state index contributed by atoms with van der Waals surface area (Å²) in [7, 11) is -0.361. The molecule has 1 unspecified atom stereocenters. The van der Waals surface area contributed by atoms with Gasteiger partial charge in [-0.1, -0.05) is 41.1 Å². The maximum absolute atomic E-state index is 13.4. The Labute approximate surface area is 199 Å². The molecule has 0 fully saturated rings. The molecule has 174 valence electrons. The van der Waals surface area contributed by atoms with E-state index in [0.717, 1.165) is 77.4 Å². The quantitative estimate of drug-likeness (QED) is 0.309. The Morgan fingerprint density at radius 3 is 2.88 bits per heavy atom. The Morgan fingerprint density at radius 2 is 2.12 bits per heavy atom. The minimum absolute atomic E-state index is 0.449. The van der Waals surface area contributed by atoms with Crippen LogP contribution in [0.3, 0.4) is 0 Å². The number of para-hydroxylation sites is 1. The summed E-state index contributed by atoms with van der Waals surface area (Å²) in [5, 5.41) is 6.93. The highest BCUT2D eigenvalue weighted by Gasteiger charge is 2.27. The highest BCUT2D eigenvalue weighted by molar-refractivity contribution is 9.09. The van der Waals surface area contributed by atoms with Gasteiger partial charge in [-0.2, -0.15) is 5.10 Å². The van der Waals surface area contributed by atoms with Crippen LogP contribution in [0.4, 0.5) is 0 Å². The normalized spacial score (nSPS) is 15.5. The van der Waals surface area contributed by atoms with Crippen molar-refractivity contribution in [3.63, 3.8) is 0 Å². The molecule has 1 atom stereocenters. The van der Waals surface area contributed by atoms with Gasteiger partial charge < -0.3 is 13.8 Å². The first kappa shape index (κ1) is 23.7. The first-order valence-corrected chi connectivity index (χ1v) is 14.1. The zero-order chi connectivity index (χ0) is 22.7. The Hall–Kier alpha value is -1.40. The van der Waals surface area contributed by atoms with Crippen molar-refractivity contribution in [3.05, 3.63) is 35.2 Å². The van der Waals surface area contributed by atoms with Gasteiger partial charge in [0.05, 0.1) is 30.1 Å². The lowest BCUT2D eigenvalue weighted by atomic mass is 9.98. The van der Waals surface area contributed by atoms with E-state index in [2.05, 4.69) is 45.6 Å². The van der Waals surface area contributed by atoms with Crippen LogP contribution in [0.25, 0.3) is 22.0 Å². The van der Waals surface area contributed by atoms with Gasteiger partial charge in [0.25, 0.3) is 0 Å². The van der Waals surface area contributed by atoms with Crippen LogP contribution < -0.4 is 5.44 Å². The lowest BCUT2D eigenvalue weighted by Crippen LogP contribution is -2.18. The van der Waals surface area contributed by atoms with E-state index in [4.69, 9.17) is 14.4 Å². The number of aryl methyl sites for hydroxylation is 4. The lowest BCUT2D eigenvalue weighted by molar-refractivity contribution is 0.112. The van der Waals surface area contributed by atoms with Crippen LogP contribution in [-0.4, -0.2) is 32.9 Å². The predicted molar refractivity (Wildman–Crippen MR) is 135 cm³/mol. The second-order valence-electron chi connectivity index (χ2n) is 8.20. The van der Waals surface area contributed by atoms with E-state index in [-0.39, 0.29) is 0 Å². The van der Waals surface area contributed by atoms with Crippen LogP contribution in [0.5, 0.6) is 0 Å². The van der Waals surface area contributed by atoms with E-state index in [9.17, 15) is 4.57 Å². The number of hydrogen-bond donors (Lipinski definition) is 0. The molecule has 6 nitrogen and oxygen atoms in total. The van der Waals surface area contributed by atoms with Crippen molar-refractivity contribution in [1.82, 2.24) is 14.3 Å². The zero-order valence-corrected chi connectivity index (χ0v) is 21.8. The number of ether oxygens (including phenoxy) is 1. The second kappa shape index (κ2) is 10.7. The molecular weight excluding hydrogens is 489 g/mol. The summed E-state index contributed by atoms with van der Waals surface area (Å²) < 4.78 is 29.4. The van der Waals surface area contributed by atoms with Crippen LogP contribution in [-0.2, 0) is 46.9 Å². The molecule has 0 saturated carbocycles. The molecule has 1 aromatic carbocycles. The molecule has 0 amide bonds. The molecule has 4 rings (SSSR count). The highest BCUT2D eigenvalue weighted by atomic mass is 79.9. The summed E-state index contributed by atoms with van der Waals surface area (Å²) in [6.07, 6.45) is 4.64. The topological polar surface area (TPSA) is 58.3 Å². The predicted octanol–water partition coefficient (Wildman–Crippen LogP) is 5.38. The summed E-state index contributed by atoms with van der Waals surface area (Å²) in [5.74, 6) is 0. The fourth-order valence-electron chi connectivity index (χ4n) is 4.82. The third kappa shape index (κ3) is 4.37. The van der Waals surface area contributed by atoms with Gasteiger partial charge in [-0.05, 0) is 44.6 Å². The summed E-state index contributed by atoms with van der Waals surface area (Å²) in [4.78, 5) is 0. The van der Waals surface area contributed by atoms with Crippen molar-refractivity contribution < 1.29 is 13.8 Å². The summed E-state index contributed by atoms with van der Waals surface area (Å²) >= 11 is 3.58. The van der Waals surface area contributed by atoms with E-state index in [1.165, 1.54) is 10.9 Å². The number of nitrogens with zero attached hydrogens (tertiary/aromatic N) is 3. The smallest absolute Gasteiger partial charge is 0.236 e. The van der Waals surface area contributed by atoms with E-state index in [1.54, 1.807) is 0 Å². The monoisotopic (exact) mass is 521 g/mol. The van der Waals surface area contributed by atoms with E-state index >= 15 is 0 Å². The largest absolute Gasteiger partial charge is 0.375 e. The zero-order valence-electron chi connectivity index (χ0n) is 19.2. The molecule has 3 heterocycles. The molecule has 1 aliphatic heterocycles. The minimum Gasteiger partial charge on any atom is -0.375 e. The average molecular weight is 522 g/mol. The van der Waals surface area contributed by atoms with Gasteiger partial charge in [-0.15, -0.1) is 0 Å². The summed E-state index contributed by atoms with van der Waals surface area (Å²) in [6.45, 7) is 6.57. The van der Waals surface area contributed by atoms with Gasteiger partial charge in [-0.3, -0.25) is 9.25 Å². The number of hydrogen-bond acceptors (Lipinski definition) is 4. The van der Waals surface area contributed by atoms with Gasteiger partial charge in [0, 0.05) is 42.0 Å². The molecule has 2 aromatic heterocycles. The van der Waals surface area contributed by atoms with Crippen LogP contribution >= 0.6 is 24.0 Å². The van der Waals surface area contributed by atoms with Crippen molar-refractivity contribution in [2.75, 3.05) is 18.5 Å². The van der Waals surface area contributed by atoms with E-state index in [1.807, 2.05) is 18.7 Å². The van der Waals surface area contributed by atoms with Gasteiger partial charge >= 0.3 is 0 Å². The summed E-state index contributed by atoms with van der Waals surface area (Å²) in [6, 6.07) is 6.49. The number of benzene rings is 1. The van der Waals surface area contributed by atoms with Crippen molar-refractivity contribution in [3.8, 4) is 11.1 Å². The van der Waals surface area contributed by atoms with Crippen LogP contribution in [0.1, 0.15) is 50.1 Å². The molecule has 0 bridgehead atoms. The third-order valence-electron chi connectivity index (χ3n) is 6.22. The van der Waals surface area contributed by atoms with Crippen LogP contribution in [0.2, 0.25) is 0 Å². The van der Waals surface area contributed by atoms with Crippen LogP contribution in [0.15, 0.2) is 18.2 Å². The molecule has 0 aliphatic carbocycles. The highest BCUT2D eigenvalue weighted by Crippen LogP contribution is 2.39. The van der Waals surface area contributed by atoms with Crippen LogP contribution in [0, 0.1) is 0 Å². The molecule has 0 radical (unpaired) electrons. The molecule has 1 aliphatic rings. The van der Waals surface area contributed by atoms with Crippen molar-refractivity contribution in [2.24, 2.45) is 7.05 Å². The van der Waals surface area contributed by atoms with Crippen molar-refractivity contribution >= 4 is 40.3 Å². The Morgan fingerprint density at radius 1 is 1.28 bits per heavy atom. The maximum Gasteiger partial charge on any atom is 0.236 e. The molecule has 0 spiro atoms. The Bertz CT molecular complexity index is 1120. The standard InChI is InChI=1S/C24H33BrN3O3P/c1-4-20-22-19-11-8-10-17-18(12-9-13-25)24(32(29)31-5-2)28(23(17)19)14-6-7-15-30-16-21(22)27(3)26-20/h8,10-11,32H,4-7,9,12-16H2,1-3H3. The van der Waals surface area contributed by atoms with Gasteiger partial charge in [0.2, 0.25) is 8.03 Å². The molecule has 0 saturated heterocycles. The second-order valence-corrected chi connectivity index (χ2v) is 10.3. The number of halogens is 1. The SMILES string of the molecule is CCO[PH](=O)c1c(CCCBr)c2cccc3c2n1CCCCOCc1c-3c(CC)nn1C. The number of alkyl halides is 1. The van der Waals surface area contributed by atoms with Crippen molar-refractivity contribution in [1.29, 1.82) is 0 Å². The van der Waals surface area contributed by atoms with E-state index < -0.39 is 8.03 Å². The average Bonchev–Trinajstić information content (AvgIpc) is 3.27. The molecule has 3 aromatic rings. The minimum atomic E-state index is -2.36. The first-order chi connectivity index (χ1) is 15.6. The fourth-order valence-corrected chi connectivity index (χ4v) is 6.45. The summed E-state index contributed by atoms with van der Waals surface area (Å²) in [5.41, 5.74) is 7.73. The van der Waals surface area contributed by atoms with Crippen molar-refractivity contribution in [2.45, 2.75) is 59.1 Å². The molecular formula is C24H33BrN3O3P. The fraction of sp³-hybridized carbons (Fsp3) is 0.542. The lowest BCUT2D eigenvalue weighted by Gasteiger charge is -2.14. The first-order valence-electron chi connectivity index (χ1n) is 11.6. The number of fused-ring (bicyclic) bond motifs is 2. The van der Waals surface area contributed by atoms with E-state index in [0.29, 0.717) is 19.8 Å². The third-order valence-corrected chi connectivity index (χ3v) is 8.29.